The number of hydrogen-bond acceptors (Lipinski definition) is 0. The van der Waals surface area contributed by atoms with E-state index in [0.29, 0.717) is 0 Å². The third kappa shape index (κ3) is 1.10. The number of nitrogens with zero attached hydrogens (tertiary/aromatic N) is 1. The lowest BCUT2D eigenvalue weighted by Crippen LogP contribution is -1.90. The van der Waals surface area contributed by atoms with E-state index in [9.17, 15) is 0 Å². The summed E-state index contributed by atoms with van der Waals surface area (Å²) in [5.74, 6) is 0. The van der Waals surface area contributed by atoms with E-state index in [1.165, 1.54) is 5.52 Å². The van der Waals surface area contributed by atoms with Gasteiger partial charge in [0.25, 0.3) is 0 Å². The molecule has 0 aliphatic carbocycles. The predicted octanol–water partition coefficient (Wildman–Crippen LogP) is 3.11. The molecular weight excluding hydrogens is 170 g/mol. The molecular formula is C10H9ClN. The van der Waals surface area contributed by atoms with Gasteiger partial charge in [0.2, 0.25) is 0 Å². The van der Waals surface area contributed by atoms with Gasteiger partial charge in [0.1, 0.15) is 0 Å². The van der Waals surface area contributed by atoms with Crippen LogP contribution in [0.1, 0.15) is 6.92 Å². The smallest absolute Gasteiger partial charge is 0.0659 e. The maximum Gasteiger partial charge on any atom is 0.0659 e. The highest BCUT2D eigenvalue weighted by Gasteiger charge is 1.99. The molecule has 12 heavy (non-hydrogen) atoms. The van der Waals surface area contributed by atoms with Gasteiger partial charge in [0, 0.05) is 22.5 Å². The molecule has 0 saturated carbocycles. The summed E-state index contributed by atoms with van der Waals surface area (Å²) in [6, 6.07) is 7.85. The maximum atomic E-state index is 5.85. The van der Waals surface area contributed by atoms with Gasteiger partial charge in [-0.25, -0.2) is 0 Å². The second-order valence-electron chi connectivity index (χ2n) is 2.72. The average molecular weight is 179 g/mol. The van der Waals surface area contributed by atoms with Crippen LogP contribution in [0.25, 0.3) is 10.9 Å². The van der Waals surface area contributed by atoms with Gasteiger partial charge in [-0.2, -0.15) is 0 Å². The fraction of sp³-hybridized carbons (Fsp3) is 0.200. The molecule has 1 nitrogen and oxygen atoms in total. The van der Waals surface area contributed by atoms with Crippen molar-refractivity contribution >= 4 is 22.5 Å². The largest absolute Gasteiger partial charge is 0.340 e. The second kappa shape index (κ2) is 2.83. The van der Waals surface area contributed by atoms with Crippen LogP contribution < -0.4 is 0 Å². The number of aryl methyl sites for hydroxylation is 1. The monoisotopic (exact) mass is 178 g/mol. The standard InChI is InChI=1S/C10H9ClN/c1-2-12-6-5-8-7-9(11)3-4-10(8)12/h3-5,7H,2H2,1H3. The van der Waals surface area contributed by atoms with E-state index in [0.717, 1.165) is 17.0 Å². The Balaban J connectivity index is 2.73. The average Bonchev–Trinajstić information content (AvgIpc) is 2.46. The highest BCUT2D eigenvalue weighted by atomic mass is 35.5. The van der Waals surface area contributed by atoms with Crippen LogP contribution in [-0.4, -0.2) is 4.57 Å². The van der Waals surface area contributed by atoms with Crippen molar-refractivity contribution in [3.8, 4) is 0 Å². The zero-order valence-corrected chi connectivity index (χ0v) is 7.60. The summed E-state index contributed by atoms with van der Waals surface area (Å²) >= 11 is 5.85. The summed E-state index contributed by atoms with van der Waals surface area (Å²) in [7, 11) is 0. The highest BCUT2D eigenvalue weighted by molar-refractivity contribution is 6.31. The van der Waals surface area contributed by atoms with E-state index < -0.39 is 0 Å². The van der Waals surface area contributed by atoms with Crippen molar-refractivity contribution in [1.82, 2.24) is 4.57 Å². The van der Waals surface area contributed by atoms with Crippen LogP contribution in [0.15, 0.2) is 24.3 Å². The maximum absolute atomic E-state index is 5.85. The topological polar surface area (TPSA) is 4.93 Å². The normalized spacial score (nSPS) is 10.8. The van der Waals surface area contributed by atoms with Crippen LogP contribution in [-0.2, 0) is 6.54 Å². The van der Waals surface area contributed by atoms with Gasteiger partial charge in [-0.15, -0.1) is 0 Å². The summed E-state index contributed by atoms with van der Waals surface area (Å²) in [6.07, 6.45) is 3.15. The van der Waals surface area contributed by atoms with Gasteiger partial charge in [-0.05, 0) is 31.2 Å². The summed E-state index contributed by atoms with van der Waals surface area (Å²) in [6.45, 7) is 3.05. The van der Waals surface area contributed by atoms with Crippen LogP contribution in [0, 0.1) is 6.20 Å². The molecule has 0 N–H and O–H groups in total. The number of halogens is 1. The van der Waals surface area contributed by atoms with Gasteiger partial charge >= 0.3 is 0 Å². The SMILES string of the molecule is CCn1[c]cc2cc(Cl)ccc21. The quantitative estimate of drug-likeness (QED) is 0.633. The molecule has 2 rings (SSSR count). The molecule has 0 amide bonds. The van der Waals surface area contributed by atoms with E-state index in [-0.39, 0.29) is 0 Å². The Kier molecular flexibility index (Phi) is 1.81. The minimum Gasteiger partial charge on any atom is -0.340 e. The van der Waals surface area contributed by atoms with Crippen LogP contribution >= 0.6 is 11.6 Å². The summed E-state index contributed by atoms with van der Waals surface area (Å²) in [5.41, 5.74) is 1.20. The molecule has 2 aromatic rings. The Morgan fingerprint density at radius 1 is 1.50 bits per heavy atom. The molecule has 61 valence electrons. The zero-order chi connectivity index (χ0) is 8.55. The van der Waals surface area contributed by atoms with Gasteiger partial charge < -0.3 is 4.57 Å². The van der Waals surface area contributed by atoms with E-state index in [2.05, 4.69) is 17.7 Å². The van der Waals surface area contributed by atoms with Crippen molar-refractivity contribution in [2.24, 2.45) is 0 Å². The van der Waals surface area contributed by atoms with Gasteiger partial charge in [0.05, 0.1) is 6.20 Å². The Hall–Kier alpha value is -0.950. The third-order valence-corrected chi connectivity index (χ3v) is 2.21. The Labute approximate surface area is 76.6 Å². The lowest BCUT2D eigenvalue weighted by atomic mass is 10.2. The zero-order valence-electron chi connectivity index (χ0n) is 6.84. The molecule has 0 aliphatic heterocycles. The first-order chi connectivity index (χ1) is 5.81. The van der Waals surface area contributed by atoms with E-state index in [1.54, 1.807) is 0 Å². The van der Waals surface area contributed by atoms with Crippen molar-refractivity contribution in [2.75, 3.05) is 0 Å². The number of aromatic nitrogens is 1. The molecule has 1 heterocycles. The van der Waals surface area contributed by atoms with Gasteiger partial charge in [-0.3, -0.25) is 0 Å². The summed E-state index contributed by atoms with van der Waals surface area (Å²) in [5, 5.41) is 1.94. The number of hydrogen-bond donors (Lipinski definition) is 0. The second-order valence-corrected chi connectivity index (χ2v) is 3.16. The minimum absolute atomic E-state index is 0.782. The van der Waals surface area contributed by atoms with E-state index in [4.69, 9.17) is 11.6 Å². The summed E-state index contributed by atoms with van der Waals surface area (Å²) in [4.78, 5) is 0. The van der Waals surface area contributed by atoms with Crippen molar-refractivity contribution < 1.29 is 0 Å². The fourth-order valence-electron chi connectivity index (χ4n) is 1.37. The van der Waals surface area contributed by atoms with Crippen molar-refractivity contribution in [2.45, 2.75) is 13.5 Å². The first kappa shape index (κ1) is 7.69. The fourth-order valence-corrected chi connectivity index (χ4v) is 1.55. The van der Waals surface area contributed by atoms with Crippen LogP contribution in [0.4, 0.5) is 0 Å². The Morgan fingerprint density at radius 3 is 3.08 bits per heavy atom. The number of rotatable bonds is 1. The van der Waals surface area contributed by atoms with Crippen molar-refractivity contribution in [1.29, 1.82) is 0 Å². The minimum atomic E-state index is 0.782. The number of benzene rings is 1. The Bertz CT molecular complexity index is 403. The summed E-state index contributed by atoms with van der Waals surface area (Å²) < 4.78 is 2.08. The highest BCUT2D eigenvalue weighted by Crippen LogP contribution is 2.19. The molecule has 0 atom stereocenters. The Morgan fingerprint density at radius 2 is 2.33 bits per heavy atom. The molecule has 1 aromatic carbocycles. The lowest BCUT2D eigenvalue weighted by molar-refractivity contribution is 0.792. The molecule has 1 radical (unpaired) electrons. The van der Waals surface area contributed by atoms with Crippen LogP contribution in [0.5, 0.6) is 0 Å². The molecule has 1 aromatic heterocycles. The van der Waals surface area contributed by atoms with Crippen LogP contribution in [0.2, 0.25) is 5.02 Å². The molecule has 0 spiro atoms. The third-order valence-electron chi connectivity index (χ3n) is 1.97. The predicted molar refractivity (Wildman–Crippen MR) is 51.5 cm³/mol. The number of fused-ring (bicyclic) bond motifs is 1. The molecule has 0 fully saturated rings. The van der Waals surface area contributed by atoms with Crippen molar-refractivity contribution in [3.63, 3.8) is 0 Å². The van der Waals surface area contributed by atoms with Gasteiger partial charge in [0.15, 0.2) is 0 Å². The molecule has 0 bridgehead atoms. The molecule has 0 aliphatic rings. The van der Waals surface area contributed by atoms with E-state index in [1.807, 2.05) is 24.3 Å². The molecule has 0 saturated heterocycles. The molecule has 0 unspecified atom stereocenters. The first-order valence-electron chi connectivity index (χ1n) is 3.97. The molecule has 2 heteroatoms. The van der Waals surface area contributed by atoms with Crippen molar-refractivity contribution in [3.05, 3.63) is 35.5 Å². The lowest BCUT2D eigenvalue weighted by Gasteiger charge is -1.98. The van der Waals surface area contributed by atoms with E-state index >= 15 is 0 Å². The first-order valence-corrected chi connectivity index (χ1v) is 4.35. The van der Waals surface area contributed by atoms with Crippen LogP contribution in [0.3, 0.4) is 0 Å². The van der Waals surface area contributed by atoms with Gasteiger partial charge in [-0.1, -0.05) is 11.6 Å².